The zero-order valence-corrected chi connectivity index (χ0v) is 9.23. The topological polar surface area (TPSA) is 46.4 Å². The van der Waals surface area contributed by atoms with Crippen LogP contribution in [0, 0.1) is 10.1 Å². The second-order valence-corrected chi connectivity index (χ2v) is 4.80. The minimum atomic E-state index is -0.295. The summed E-state index contributed by atoms with van der Waals surface area (Å²) in [6, 6.07) is -0.0640. The highest BCUT2D eigenvalue weighted by molar-refractivity contribution is 4.85. The minimum Gasteiger partial charge on any atom is -0.294 e. The van der Waals surface area contributed by atoms with E-state index in [-0.39, 0.29) is 17.0 Å². The Morgan fingerprint density at radius 1 is 1.00 bits per heavy atom. The monoisotopic (exact) mass is 212 g/mol. The normalized spacial score (nSPS) is 33.9. The summed E-state index contributed by atoms with van der Waals surface area (Å²) in [4.78, 5) is 13.3. The van der Waals surface area contributed by atoms with Crippen molar-refractivity contribution in [3.05, 3.63) is 10.1 Å². The van der Waals surface area contributed by atoms with Crippen LogP contribution >= 0.6 is 0 Å². The van der Waals surface area contributed by atoms with Crippen LogP contribution in [0.15, 0.2) is 0 Å². The van der Waals surface area contributed by atoms with Crippen molar-refractivity contribution in [3.8, 4) is 0 Å². The third-order valence-electron chi connectivity index (χ3n) is 3.82. The van der Waals surface area contributed by atoms with Gasteiger partial charge in [0.15, 0.2) is 0 Å². The van der Waals surface area contributed by atoms with Crippen molar-refractivity contribution in [1.29, 1.82) is 0 Å². The first-order valence-electron chi connectivity index (χ1n) is 6.16. The molecule has 2 saturated heterocycles. The van der Waals surface area contributed by atoms with Crippen molar-refractivity contribution < 1.29 is 4.92 Å². The van der Waals surface area contributed by atoms with Crippen molar-refractivity contribution in [2.45, 2.75) is 57.0 Å². The van der Waals surface area contributed by atoms with Gasteiger partial charge in [-0.15, -0.1) is 0 Å². The minimum absolute atomic E-state index is 0.0432. The smallest absolute Gasteiger partial charge is 0.228 e. The summed E-state index contributed by atoms with van der Waals surface area (Å²) >= 11 is 0. The van der Waals surface area contributed by atoms with Crippen LogP contribution in [0.4, 0.5) is 0 Å². The molecule has 0 N–H and O–H groups in total. The molecule has 2 fully saturated rings. The first-order chi connectivity index (χ1) is 7.29. The second kappa shape index (κ2) is 4.92. The standard InChI is InChI=1S/C11H20N2O2/c14-13(15)11-7-5-9-12-8-4-2-1-3-6-10(11)12/h10-11H,1-9H2/t10-,11+/m1/s1. The van der Waals surface area contributed by atoms with Gasteiger partial charge < -0.3 is 0 Å². The fourth-order valence-corrected chi connectivity index (χ4v) is 3.03. The Morgan fingerprint density at radius 3 is 2.53 bits per heavy atom. The highest BCUT2D eigenvalue weighted by Crippen LogP contribution is 2.26. The van der Waals surface area contributed by atoms with Gasteiger partial charge in [-0.2, -0.15) is 0 Å². The maximum Gasteiger partial charge on any atom is 0.228 e. The van der Waals surface area contributed by atoms with E-state index in [1.54, 1.807) is 0 Å². The summed E-state index contributed by atoms with van der Waals surface area (Å²) in [6.07, 6.45) is 7.77. The fraction of sp³-hybridized carbons (Fsp3) is 1.00. The van der Waals surface area contributed by atoms with Crippen LogP contribution in [0.2, 0.25) is 0 Å². The molecular weight excluding hydrogens is 192 g/mol. The Bertz CT molecular complexity index is 233. The first-order valence-corrected chi connectivity index (χ1v) is 6.16. The molecule has 0 unspecified atom stereocenters. The molecule has 0 aromatic heterocycles. The third kappa shape index (κ3) is 2.48. The molecule has 15 heavy (non-hydrogen) atoms. The maximum absolute atomic E-state index is 11.0. The summed E-state index contributed by atoms with van der Waals surface area (Å²) in [7, 11) is 0. The van der Waals surface area contributed by atoms with E-state index in [9.17, 15) is 10.1 Å². The van der Waals surface area contributed by atoms with Gasteiger partial charge in [0.05, 0.1) is 6.04 Å². The Balaban J connectivity index is 2.05. The molecule has 0 spiro atoms. The van der Waals surface area contributed by atoms with E-state index in [0.717, 1.165) is 32.4 Å². The van der Waals surface area contributed by atoms with Crippen LogP contribution in [0.3, 0.4) is 0 Å². The molecule has 0 amide bonds. The zero-order valence-electron chi connectivity index (χ0n) is 9.23. The molecule has 0 bridgehead atoms. The van der Waals surface area contributed by atoms with Gasteiger partial charge in [-0.1, -0.05) is 19.3 Å². The second-order valence-electron chi connectivity index (χ2n) is 4.80. The molecule has 2 aliphatic rings. The van der Waals surface area contributed by atoms with Crippen LogP contribution in [0.25, 0.3) is 0 Å². The molecule has 0 aromatic carbocycles. The number of nitro groups is 1. The predicted molar refractivity (Wildman–Crippen MR) is 58.5 cm³/mol. The molecule has 4 nitrogen and oxygen atoms in total. The Labute approximate surface area is 90.8 Å². The van der Waals surface area contributed by atoms with Gasteiger partial charge in [0.2, 0.25) is 6.04 Å². The molecule has 2 aliphatic heterocycles. The molecule has 86 valence electrons. The van der Waals surface area contributed by atoms with Gasteiger partial charge in [-0.25, -0.2) is 0 Å². The van der Waals surface area contributed by atoms with Gasteiger partial charge in [-0.3, -0.25) is 15.0 Å². The summed E-state index contributed by atoms with van der Waals surface area (Å²) < 4.78 is 0. The lowest BCUT2D eigenvalue weighted by Crippen LogP contribution is -2.51. The van der Waals surface area contributed by atoms with Gasteiger partial charge >= 0.3 is 0 Å². The quantitative estimate of drug-likeness (QED) is 0.493. The lowest BCUT2D eigenvalue weighted by molar-refractivity contribution is -0.534. The lowest BCUT2D eigenvalue weighted by Gasteiger charge is -2.38. The highest BCUT2D eigenvalue weighted by Gasteiger charge is 2.38. The molecule has 2 atom stereocenters. The Kier molecular flexibility index (Phi) is 3.57. The van der Waals surface area contributed by atoms with E-state index in [1.807, 2.05) is 0 Å². The van der Waals surface area contributed by atoms with E-state index in [1.165, 1.54) is 25.7 Å². The van der Waals surface area contributed by atoms with E-state index in [4.69, 9.17) is 0 Å². The van der Waals surface area contributed by atoms with Crippen molar-refractivity contribution in [1.82, 2.24) is 4.90 Å². The van der Waals surface area contributed by atoms with E-state index in [0.29, 0.717) is 0 Å². The molecular formula is C11H20N2O2. The van der Waals surface area contributed by atoms with Crippen molar-refractivity contribution in [2.75, 3.05) is 13.1 Å². The Morgan fingerprint density at radius 2 is 1.73 bits per heavy atom. The summed E-state index contributed by atoms with van der Waals surface area (Å²) in [5.74, 6) is 0. The molecule has 0 saturated carbocycles. The molecule has 2 heterocycles. The summed E-state index contributed by atoms with van der Waals surface area (Å²) in [5, 5.41) is 11.0. The molecule has 0 aliphatic carbocycles. The number of nitrogens with zero attached hydrogens (tertiary/aromatic N) is 2. The van der Waals surface area contributed by atoms with Crippen LogP contribution in [-0.2, 0) is 0 Å². The van der Waals surface area contributed by atoms with Crippen LogP contribution in [0.1, 0.15) is 44.9 Å². The van der Waals surface area contributed by atoms with Crippen molar-refractivity contribution in [3.63, 3.8) is 0 Å². The number of rotatable bonds is 1. The van der Waals surface area contributed by atoms with Gasteiger partial charge in [0.25, 0.3) is 0 Å². The van der Waals surface area contributed by atoms with Gasteiger partial charge in [0.1, 0.15) is 0 Å². The van der Waals surface area contributed by atoms with E-state index >= 15 is 0 Å². The number of fused-ring (bicyclic) bond motifs is 1. The molecule has 2 rings (SSSR count). The first kappa shape index (κ1) is 10.9. The van der Waals surface area contributed by atoms with Gasteiger partial charge in [0, 0.05) is 11.3 Å². The SMILES string of the molecule is O=[N+]([O-])[C@H]1CCCN2CCCCCC[C@H]12. The molecule has 0 aromatic rings. The fourth-order valence-electron chi connectivity index (χ4n) is 3.03. The number of piperidine rings is 1. The largest absolute Gasteiger partial charge is 0.294 e. The molecule has 0 radical (unpaired) electrons. The highest BCUT2D eigenvalue weighted by atomic mass is 16.6. The van der Waals surface area contributed by atoms with Crippen LogP contribution in [-0.4, -0.2) is 35.0 Å². The van der Waals surface area contributed by atoms with E-state index < -0.39 is 0 Å². The van der Waals surface area contributed by atoms with Crippen LogP contribution in [0.5, 0.6) is 0 Å². The van der Waals surface area contributed by atoms with Crippen LogP contribution < -0.4 is 0 Å². The Hall–Kier alpha value is -0.640. The average molecular weight is 212 g/mol. The zero-order chi connectivity index (χ0) is 10.7. The third-order valence-corrected chi connectivity index (χ3v) is 3.82. The summed E-state index contributed by atoms with van der Waals surface area (Å²) in [6.45, 7) is 2.16. The average Bonchev–Trinajstić information content (AvgIpc) is 2.17. The van der Waals surface area contributed by atoms with Crippen molar-refractivity contribution >= 4 is 0 Å². The number of hydrogen-bond acceptors (Lipinski definition) is 3. The molecule has 4 heteroatoms. The van der Waals surface area contributed by atoms with Gasteiger partial charge in [-0.05, 0) is 32.4 Å². The van der Waals surface area contributed by atoms with Crippen molar-refractivity contribution in [2.24, 2.45) is 0 Å². The lowest BCUT2D eigenvalue weighted by atomic mass is 9.90. The van der Waals surface area contributed by atoms with E-state index in [2.05, 4.69) is 4.90 Å². The predicted octanol–water partition coefficient (Wildman–Crippen LogP) is 2.06. The maximum atomic E-state index is 11.0. The number of hydrogen-bond donors (Lipinski definition) is 0. The summed E-state index contributed by atoms with van der Waals surface area (Å²) in [5.41, 5.74) is 0.